The molecule has 1 unspecified atom stereocenters. The van der Waals surface area contributed by atoms with Crippen LogP contribution in [0.5, 0.6) is 0 Å². The van der Waals surface area contributed by atoms with Gasteiger partial charge in [0.25, 0.3) is 0 Å². The number of anilines is 1. The summed E-state index contributed by atoms with van der Waals surface area (Å²) in [7, 11) is 0. The van der Waals surface area contributed by atoms with Gasteiger partial charge in [-0.1, -0.05) is 43.1 Å². The van der Waals surface area contributed by atoms with Gasteiger partial charge >= 0.3 is 0 Å². The van der Waals surface area contributed by atoms with E-state index >= 15 is 0 Å². The van der Waals surface area contributed by atoms with E-state index in [4.69, 9.17) is 23.2 Å². The van der Waals surface area contributed by atoms with E-state index in [9.17, 15) is 9.59 Å². The van der Waals surface area contributed by atoms with Crippen LogP contribution in [0.1, 0.15) is 33.1 Å². The Morgan fingerprint density at radius 3 is 2.30 bits per heavy atom. The number of halogens is 2. The van der Waals surface area contributed by atoms with Crippen molar-refractivity contribution in [2.24, 2.45) is 5.92 Å². The van der Waals surface area contributed by atoms with Gasteiger partial charge in [-0.25, -0.2) is 0 Å². The quantitative estimate of drug-likeness (QED) is 0.772. The lowest BCUT2D eigenvalue weighted by Crippen LogP contribution is -2.38. The molecule has 0 aromatic heterocycles. The van der Waals surface area contributed by atoms with E-state index in [0.29, 0.717) is 22.3 Å². The van der Waals surface area contributed by atoms with E-state index in [1.165, 1.54) is 0 Å². The average molecular weight is 357 g/mol. The zero-order valence-electron chi connectivity index (χ0n) is 13.5. The second-order valence-corrected chi connectivity index (χ2v) is 6.62. The molecule has 1 fully saturated rings. The van der Waals surface area contributed by atoms with Crippen LogP contribution in [0, 0.1) is 5.92 Å². The van der Waals surface area contributed by atoms with E-state index in [2.05, 4.69) is 0 Å². The number of hydrogen-bond donors (Lipinski definition) is 0. The summed E-state index contributed by atoms with van der Waals surface area (Å²) in [5.41, 5.74) is 0.508. The lowest BCUT2D eigenvalue weighted by Gasteiger charge is -2.25. The van der Waals surface area contributed by atoms with Crippen molar-refractivity contribution in [1.82, 2.24) is 4.90 Å². The van der Waals surface area contributed by atoms with Crippen molar-refractivity contribution in [2.75, 3.05) is 24.5 Å². The number of amides is 2. The molecule has 4 nitrogen and oxygen atoms in total. The van der Waals surface area contributed by atoms with Gasteiger partial charge in [-0.2, -0.15) is 0 Å². The van der Waals surface area contributed by atoms with Crippen molar-refractivity contribution < 1.29 is 9.59 Å². The molecule has 126 valence electrons. The Bertz CT molecular complexity index is 566. The Hall–Kier alpha value is -1.26. The number of hydrogen-bond acceptors (Lipinski definition) is 2. The highest BCUT2D eigenvalue weighted by atomic mass is 35.5. The van der Waals surface area contributed by atoms with Crippen LogP contribution in [0.4, 0.5) is 5.69 Å². The topological polar surface area (TPSA) is 40.6 Å². The van der Waals surface area contributed by atoms with Crippen LogP contribution in [-0.2, 0) is 9.59 Å². The van der Waals surface area contributed by atoms with Crippen LogP contribution in [0.3, 0.4) is 0 Å². The van der Waals surface area contributed by atoms with Crippen molar-refractivity contribution >= 4 is 40.7 Å². The standard InChI is InChI=1S/C17H22Cl2N2O2/c1-3-8-20(9-4-2)17(23)12-10-15(22)21(11-12)16-13(18)6-5-7-14(16)19/h5-7,12H,3-4,8-11H2,1-2H3. The Balaban J connectivity index is 2.17. The molecule has 1 aliphatic rings. The largest absolute Gasteiger partial charge is 0.342 e. The molecule has 0 N–H and O–H groups in total. The smallest absolute Gasteiger partial charge is 0.228 e. The molecule has 0 aliphatic carbocycles. The third-order valence-electron chi connectivity index (χ3n) is 3.98. The minimum Gasteiger partial charge on any atom is -0.342 e. The number of rotatable bonds is 6. The second kappa shape index (κ2) is 8.02. The molecular formula is C17H22Cl2N2O2. The molecule has 6 heteroatoms. The molecule has 1 heterocycles. The van der Waals surface area contributed by atoms with E-state index in [0.717, 1.165) is 25.9 Å². The fraction of sp³-hybridized carbons (Fsp3) is 0.529. The number of carbonyl (C=O) groups is 2. The first-order valence-electron chi connectivity index (χ1n) is 8.02. The Labute approximate surface area is 147 Å². The van der Waals surface area contributed by atoms with Crippen molar-refractivity contribution in [3.05, 3.63) is 28.2 Å². The lowest BCUT2D eigenvalue weighted by molar-refractivity contribution is -0.135. The van der Waals surface area contributed by atoms with Gasteiger partial charge in [0.15, 0.2) is 0 Å². The maximum Gasteiger partial charge on any atom is 0.228 e. The third kappa shape index (κ3) is 3.99. The minimum absolute atomic E-state index is 0.0488. The summed E-state index contributed by atoms with van der Waals surface area (Å²) in [5.74, 6) is -0.382. The van der Waals surface area contributed by atoms with E-state index in [1.807, 2.05) is 18.7 Å². The summed E-state index contributed by atoms with van der Waals surface area (Å²) < 4.78 is 0. The van der Waals surface area contributed by atoms with Gasteiger partial charge in [0.2, 0.25) is 11.8 Å². The SMILES string of the molecule is CCCN(CCC)C(=O)C1CC(=O)N(c2c(Cl)cccc2Cl)C1. The zero-order chi connectivity index (χ0) is 17.0. The Kier molecular flexibility index (Phi) is 6.31. The normalized spacial score (nSPS) is 17.7. The molecule has 2 amide bonds. The number of benzene rings is 1. The molecule has 23 heavy (non-hydrogen) atoms. The molecule has 1 atom stereocenters. The van der Waals surface area contributed by atoms with Gasteiger partial charge in [0.1, 0.15) is 0 Å². The maximum atomic E-state index is 12.7. The molecular weight excluding hydrogens is 335 g/mol. The van der Waals surface area contributed by atoms with Crippen molar-refractivity contribution in [3.63, 3.8) is 0 Å². The highest BCUT2D eigenvalue weighted by Gasteiger charge is 2.38. The van der Waals surface area contributed by atoms with Crippen LogP contribution >= 0.6 is 23.2 Å². The molecule has 0 saturated carbocycles. The fourth-order valence-electron chi connectivity index (χ4n) is 2.97. The highest BCUT2D eigenvalue weighted by molar-refractivity contribution is 6.40. The number of para-hydroxylation sites is 1. The van der Waals surface area contributed by atoms with E-state index in [-0.39, 0.29) is 24.2 Å². The second-order valence-electron chi connectivity index (χ2n) is 5.80. The molecule has 1 saturated heterocycles. The van der Waals surface area contributed by atoms with Crippen LogP contribution < -0.4 is 4.90 Å². The molecule has 1 aromatic carbocycles. The minimum atomic E-state index is -0.326. The van der Waals surface area contributed by atoms with Gasteiger partial charge in [-0.05, 0) is 25.0 Å². The summed E-state index contributed by atoms with van der Waals surface area (Å²) in [4.78, 5) is 28.5. The van der Waals surface area contributed by atoms with Crippen LogP contribution in [0.2, 0.25) is 10.0 Å². The summed E-state index contributed by atoms with van der Waals surface area (Å²) in [6.45, 7) is 5.89. The maximum absolute atomic E-state index is 12.7. The van der Waals surface area contributed by atoms with Gasteiger partial charge in [0, 0.05) is 26.1 Å². The number of carbonyl (C=O) groups excluding carboxylic acids is 2. The summed E-state index contributed by atoms with van der Waals surface area (Å²) in [6.07, 6.45) is 2.03. The first-order valence-corrected chi connectivity index (χ1v) is 8.78. The predicted octanol–water partition coefficient (Wildman–Crippen LogP) is 3.99. The fourth-order valence-corrected chi connectivity index (χ4v) is 3.57. The first-order chi connectivity index (χ1) is 11.0. The highest BCUT2D eigenvalue weighted by Crippen LogP contribution is 2.37. The van der Waals surface area contributed by atoms with E-state index in [1.54, 1.807) is 23.1 Å². The molecule has 1 aliphatic heterocycles. The summed E-state index contributed by atoms with van der Waals surface area (Å²) in [6, 6.07) is 5.14. The van der Waals surface area contributed by atoms with Gasteiger partial charge < -0.3 is 9.80 Å². The van der Waals surface area contributed by atoms with Crippen molar-refractivity contribution in [2.45, 2.75) is 33.1 Å². The first kappa shape index (κ1) is 18.1. The van der Waals surface area contributed by atoms with Crippen molar-refractivity contribution in [3.8, 4) is 0 Å². The molecule has 2 rings (SSSR count). The van der Waals surface area contributed by atoms with Crippen LogP contribution in [0.15, 0.2) is 18.2 Å². The monoisotopic (exact) mass is 356 g/mol. The lowest BCUT2D eigenvalue weighted by atomic mass is 10.1. The molecule has 0 bridgehead atoms. The zero-order valence-corrected chi connectivity index (χ0v) is 15.0. The Morgan fingerprint density at radius 2 is 1.78 bits per heavy atom. The molecule has 1 aromatic rings. The Morgan fingerprint density at radius 1 is 1.22 bits per heavy atom. The number of nitrogens with zero attached hydrogens (tertiary/aromatic N) is 2. The van der Waals surface area contributed by atoms with Crippen LogP contribution in [-0.4, -0.2) is 36.3 Å². The third-order valence-corrected chi connectivity index (χ3v) is 4.59. The van der Waals surface area contributed by atoms with Gasteiger partial charge in [-0.3, -0.25) is 9.59 Å². The van der Waals surface area contributed by atoms with Crippen LogP contribution in [0.25, 0.3) is 0 Å². The summed E-state index contributed by atoms with van der Waals surface area (Å²) in [5, 5.41) is 0.857. The van der Waals surface area contributed by atoms with Gasteiger partial charge in [0.05, 0.1) is 21.7 Å². The molecule has 0 spiro atoms. The molecule has 0 radical (unpaired) electrons. The van der Waals surface area contributed by atoms with Gasteiger partial charge in [-0.15, -0.1) is 0 Å². The average Bonchev–Trinajstić information content (AvgIpc) is 2.88. The predicted molar refractivity (Wildman–Crippen MR) is 94.1 cm³/mol. The van der Waals surface area contributed by atoms with E-state index < -0.39 is 0 Å². The van der Waals surface area contributed by atoms with Crippen molar-refractivity contribution in [1.29, 1.82) is 0 Å². The summed E-state index contributed by atoms with van der Waals surface area (Å²) >= 11 is 12.4.